The Hall–Kier alpha value is -3.93. The Bertz CT molecular complexity index is 1630. The molecule has 1 aliphatic carbocycles. The SMILES string of the molecule is CCC(C)[C@H](NC(=O)[C@H](C)c1ccccc1)C(=O)N[C@]1(C(=O)NC(C(N)=S)[C@@H](C)CC)CCc2[nH]c3c(C(F)(F)F)cccc3c2C1. The number of hydrogen-bond donors (Lipinski definition) is 5. The lowest BCUT2D eigenvalue weighted by atomic mass is 9.78. The summed E-state index contributed by atoms with van der Waals surface area (Å²) >= 11 is 5.29. The average molecular weight is 672 g/mol. The third-order valence-electron chi connectivity index (χ3n) is 9.70. The zero-order valence-electron chi connectivity index (χ0n) is 27.4. The number of nitrogens with one attached hydrogen (secondary N) is 4. The van der Waals surface area contributed by atoms with Crippen molar-refractivity contribution in [3.05, 3.63) is 70.9 Å². The number of amides is 3. The number of aromatic nitrogens is 1. The molecule has 0 saturated carbocycles. The number of aromatic amines is 1. The number of carbonyl (C=O) groups excluding carboxylic acids is 3. The monoisotopic (exact) mass is 671 g/mol. The Kier molecular flexibility index (Phi) is 11.0. The van der Waals surface area contributed by atoms with E-state index in [-0.39, 0.29) is 47.5 Å². The van der Waals surface area contributed by atoms with E-state index in [1.165, 1.54) is 6.07 Å². The Morgan fingerprint density at radius 1 is 0.936 bits per heavy atom. The summed E-state index contributed by atoms with van der Waals surface area (Å²) in [4.78, 5) is 45.0. The number of nitrogens with two attached hydrogens (primary N) is 1. The number of benzene rings is 2. The summed E-state index contributed by atoms with van der Waals surface area (Å²) in [6, 6.07) is 11.5. The van der Waals surface area contributed by atoms with Crippen LogP contribution in [0, 0.1) is 11.8 Å². The molecule has 8 nitrogen and oxygen atoms in total. The van der Waals surface area contributed by atoms with Crippen molar-refractivity contribution in [1.82, 2.24) is 20.9 Å². The van der Waals surface area contributed by atoms with Crippen LogP contribution in [0.15, 0.2) is 48.5 Å². The first-order valence-corrected chi connectivity index (χ1v) is 16.5. The summed E-state index contributed by atoms with van der Waals surface area (Å²) < 4.78 is 41.8. The second-order valence-corrected chi connectivity index (χ2v) is 13.3. The van der Waals surface area contributed by atoms with Gasteiger partial charge < -0.3 is 26.7 Å². The largest absolute Gasteiger partial charge is 0.418 e. The second-order valence-electron chi connectivity index (χ2n) is 12.8. The second kappa shape index (κ2) is 14.5. The molecule has 47 heavy (non-hydrogen) atoms. The molecule has 1 heterocycles. The van der Waals surface area contributed by atoms with E-state index >= 15 is 0 Å². The van der Waals surface area contributed by atoms with Crippen LogP contribution in [0.3, 0.4) is 0 Å². The summed E-state index contributed by atoms with van der Waals surface area (Å²) in [7, 11) is 0. The van der Waals surface area contributed by atoms with E-state index in [9.17, 15) is 27.6 Å². The van der Waals surface area contributed by atoms with Gasteiger partial charge in [0.1, 0.15) is 11.6 Å². The zero-order chi connectivity index (χ0) is 34.7. The molecule has 6 atom stereocenters. The Balaban J connectivity index is 1.74. The quantitative estimate of drug-likeness (QED) is 0.158. The van der Waals surface area contributed by atoms with Gasteiger partial charge in [0.25, 0.3) is 0 Å². The number of H-pyrrole nitrogens is 1. The standard InChI is InChI=1S/C35H44F3N5O3S/c1-6-19(3)27(30(39)47)42-33(46)34(17-16-26-24(18-34)23-14-11-15-25(29(23)40-26)35(36,37)38)43-32(45)28(20(4)7-2)41-31(44)21(5)22-12-9-8-10-13-22/h8-15,19-21,27-28,40H,6-7,16-18H2,1-5H3,(H2,39,47)(H,41,44)(H,42,46)(H,43,45)/t19-,20?,21+,27?,28-,34+/m0/s1. The van der Waals surface area contributed by atoms with Gasteiger partial charge >= 0.3 is 6.18 Å². The van der Waals surface area contributed by atoms with Crippen LogP contribution in [0.2, 0.25) is 0 Å². The number of alkyl halides is 3. The molecule has 0 spiro atoms. The first-order chi connectivity index (χ1) is 22.1. The van der Waals surface area contributed by atoms with Crippen molar-refractivity contribution >= 4 is 45.8 Å². The van der Waals surface area contributed by atoms with Crippen LogP contribution in [0.25, 0.3) is 10.9 Å². The van der Waals surface area contributed by atoms with E-state index in [0.29, 0.717) is 29.5 Å². The van der Waals surface area contributed by atoms with Gasteiger partial charge in [-0.15, -0.1) is 0 Å². The van der Waals surface area contributed by atoms with E-state index in [2.05, 4.69) is 20.9 Å². The van der Waals surface area contributed by atoms with Crippen molar-refractivity contribution in [1.29, 1.82) is 0 Å². The smallest absolute Gasteiger partial charge is 0.392 e. The van der Waals surface area contributed by atoms with Crippen molar-refractivity contribution < 1.29 is 27.6 Å². The lowest BCUT2D eigenvalue weighted by molar-refractivity contribution is -0.137. The van der Waals surface area contributed by atoms with Crippen LogP contribution in [-0.4, -0.2) is 45.3 Å². The summed E-state index contributed by atoms with van der Waals surface area (Å²) in [6.45, 7) is 9.33. The highest BCUT2D eigenvalue weighted by atomic mass is 32.1. The number of carbonyl (C=O) groups is 3. The topological polar surface area (TPSA) is 129 Å². The third-order valence-corrected chi connectivity index (χ3v) is 9.96. The van der Waals surface area contributed by atoms with Gasteiger partial charge in [-0.3, -0.25) is 14.4 Å². The molecule has 0 bridgehead atoms. The van der Waals surface area contributed by atoms with Crippen LogP contribution in [0.5, 0.6) is 0 Å². The number of halogens is 3. The molecule has 3 amide bonds. The van der Waals surface area contributed by atoms with Gasteiger partial charge in [0.05, 0.1) is 28.0 Å². The molecule has 1 aromatic heterocycles. The lowest BCUT2D eigenvalue weighted by Crippen LogP contribution is -2.67. The van der Waals surface area contributed by atoms with Crippen molar-refractivity contribution in [2.45, 2.75) is 96.4 Å². The van der Waals surface area contributed by atoms with Gasteiger partial charge in [0, 0.05) is 17.5 Å². The fraction of sp³-hybridized carbons (Fsp3) is 0.486. The van der Waals surface area contributed by atoms with Crippen molar-refractivity contribution in [2.75, 3.05) is 0 Å². The normalized spacial score (nSPS) is 19.5. The number of rotatable bonds is 12. The molecule has 3 aromatic rings. The van der Waals surface area contributed by atoms with E-state index in [0.717, 1.165) is 11.6 Å². The molecule has 0 fully saturated rings. The molecule has 6 N–H and O–H groups in total. The van der Waals surface area contributed by atoms with Crippen molar-refractivity contribution in [3.63, 3.8) is 0 Å². The van der Waals surface area contributed by atoms with Gasteiger partial charge in [-0.2, -0.15) is 13.2 Å². The highest BCUT2D eigenvalue weighted by Crippen LogP contribution is 2.40. The van der Waals surface area contributed by atoms with Crippen molar-refractivity contribution in [3.8, 4) is 0 Å². The highest BCUT2D eigenvalue weighted by Gasteiger charge is 2.47. The van der Waals surface area contributed by atoms with E-state index in [1.54, 1.807) is 13.0 Å². The lowest BCUT2D eigenvalue weighted by Gasteiger charge is -2.40. The minimum Gasteiger partial charge on any atom is -0.392 e. The zero-order valence-corrected chi connectivity index (χ0v) is 28.2. The number of para-hydroxylation sites is 1. The predicted molar refractivity (Wildman–Crippen MR) is 181 cm³/mol. The molecular formula is C35H44F3N5O3S. The molecular weight excluding hydrogens is 627 g/mol. The van der Waals surface area contributed by atoms with Gasteiger partial charge in [-0.05, 0) is 48.8 Å². The molecule has 1 aliphatic rings. The average Bonchev–Trinajstić information content (AvgIpc) is 3.42. The van der Waals surface area contributed by atoms with E-state index in [1.807, 2.05) is 58.0 Å². The van der Waals surface area contributed by atoms with Crippen LogP contribution < -0.4 is 21.7 Å². The Morgan fingerprint density at radius 2 is 1.57 bits per heavy atom. The van der Waals surface area contributed by atoms with Gasteiger partial charge in [-0.1, -0.05) is 95.2 Å². The first kappa shape index (κ1) is 35.9. The molecule has 2 aromatic carbocycles. The van der Waals surface area contributed by atoms with Gasteiger partial charge in [0.15, 0.2) is 0 Å². The Morgan fingerprint density at radius 3 is 2.17 bits per heavy atom. The van der Waals surface area contributed by atoms with Crippen molar-refractivity contribution in [2.24, 2.45) is 17.6 Å². The summed E-state index contributed by atoms with van der Waals surface area (Å²) in [5.41, 5.74) is 5.48. The number of aryl methyl sites for hydroxylation is 1. The molecule has 12 heteroatoms. The third kappa shape index (κ3) is 7.63. The molecule has 4 rings (SSSR count). The van der Waals surface area contributed by atoms with Crippen LogP contribution in [0.1, 0.15) is 82.2 Å². The minimum atomic E-state index is -4.59. The molecule has 2 unspecified atom stereocenters. The predicted octanol–water partition coefficient (Wildman–Crippen LogP) is 5.68. The first-order valence-electron chi connectivity index (χ1n) is 16.1. The molecule has 254 valence electrons. The van der Waals surface area contributed by atoms with Crippen LogP contribution in [-0.2, 0) is 33.4 Å². The van der Waals surface area contributed by atoms with Gasteiger partial charge in [-0.25, -0.2) is 0 Å². The van der Waals surface area contributed by atoms with Crippen LogP contribution >= 0.6 is 12.2 Å². The molecule has 0 aliphatic heterocycles. The van der Waals surface area contributed by atoms with E-state index in [4.69, 9.17) is 18.0 Å². The summed E-state index contributed by atoms with van der Waals surface area (Å²) in [5.74, 6) is -2.39. The summed E-state index contributed by atoms with van der Waals surface area (Å²) in [5, 5.41) is 9.18. The summed E-state index contributed by atoms with van der Waals surface area (Å²) in [6.07, 6.45) is -3.15. The van der Waals surface area contributed by atoms with Gasteiger partial charge in [0.2, 0.25) is 17.7 Å². The molecule has 0 saturated heterocycles. The fourth-order valence-electron chi connectivity index (χ4n) is 6.26. The number of fused-ring (bicyclic) bond motifs is 3. The van der Waals surface area contributed by atoms with Crippen LogP contribution in [0.4, 0.5) is 13.2 Å². The minimum absolute atomic E-state index is 0.0622. The maximum atomic E-state index is 14.3. The number of hydrogen-bond acceptors (Lipinski definition) is 4. The van der Waals surface area contributed by atoms with E-state index < -0.39 is 47.1 Å². The number of thiocarbonyl (C=S) groups is 1. The molecule has 0 radical (unpaired) electrons. The fourth-order valence-corrected chi connectivity index (χ4v) is 6.55. The Labute approximate surface area is 278 Å². The maximum absolute atomic E-state index is 14.3. The maximum Gasteiger partial charge on any atom is 0.418 e. The highest BCUT2D eigenvalue weighted by molar-refractivity contribution is 7.80.